The van der Waals surface area contributed by atoms with Gasteiger partial charge in [0.15, 0.2) is 11.6 Å². The first kappa shape index (κ1) is 14.5. The molecule has 0 heterocycles. The summed E-state index contributed by atoms with van der Waals surface area (Å²) in [6, 6.07) is 13.9. The van der Waals surface area contributed by atoms with Gasteiger partial charge in [-0.1, -0.05) is 42.5 Å². The fraction of sp³-hybridized carbons (Fsp3) is 0.143. The Morgan fingerprint density at radius 2 is 1.72 bits per heavy atom. The van der Waals surface area contributed by atoms with Gasteiger partial charge in [-0.2, -0.15) is 0 Å². The van der Waals surface area contributed by atoms with Crippen LogP contribution in [0.15, 0.2) is 48.5 Å². The van der Waals surface area contributed by atoms with Gasteiger partial charge in [0.25, 0.3) is 0 Å². The van der Waals surface area contributed by atoms with E-state index in [0.29, 0.717) is 5.56 Å². The first-order valence-electron chi connectivity index (χ1n) is 5.37. The van der Waals surface area contributed by atoms with Crippen LogP contribution in [0.1, 0.15) is 17.2 Å². The normalized spacial score (nSPS) is 11.5. The molecule has 0 aliphatic heterocycles. The molecule has 0 saturated heterocycles. The lowest BCUT2D eigenvalue weighted by Gasteiger charge is -2.14. The molecule has 0 aliphatic rings. The number of hydrogen-bond donors (Lipinski definition) is 1. The largest absolute Gasteiger partial charge is 0.494 e. The third kappa shape index (κ3) is 2.81. The van der Waals surface area contributed by atoms with E-state index in [4.69, 9.17) is 10.5 Å². The van der Waals surface area contributed by atoms with Crippen molar-refractivity contribution in [2.24, 2.45) is 5.73 Å². The summed E-state index contributed by atoms with van der Waals surface area (Å²) >= 11 is 0. The number of ether oxygens (including phenoxy) is 1. The molecule has 0 spiro atoms. The molecule has 0 fully saturated rings. The van der Waals surface area contributed by atoms with Gasteiger partial charge in [-0.3, -0.25) is 0 Å². The molecule has 0 amide bonds. The molecule has 0 radical (unpaired) electrons. The highest BCUT2D eigenvalue weighted by Crippen LogP contribution is 2.27. The molecule has 4 heteroatoms. The molecule has 96 valence electrons. The molecule has 2 nitrogen and oxygen atoms in total. The highest BCUT2D eigenvalue weighted by atomic mass is 35.5. The minimum absolute atomic E-state index is 0. The molecule has 2 aromatic rings. The van der Waals surface area contributed by atoms with E-state index >= 15 is 0 Å². The van der Waals surface area contributed by atoms with Crippen molar-refractivity contribution < 1.29 is 9.13 Å². The van der Waals surface area contributed by atoms with Crippen molar-refractivity contribution in [2.45, 2.75) is 6.04 Å². The number of rotatable bonds is 3. The Hall–Kier alpha value is -1.58. The van der Waals surface area contributed by atoms with Gasteiger partial charge >= 0.3 is 0 Å². The van der Waals surface area contributed by atoms with Crippen LogP contribution < -0.4 is 10.5 Å². The Morgan fingerprint density at radius 1 is 1.06 bits per heavy atom. The molecular formula is C14H15ClFNO. The number of hydrogen-bond acceptors (Lipinski definition) is 2. The zero-order chi connectivity index (χ0) is 12.3. The summed E-state index contributed by atoms with van der Waals surface area (Å²) in [4.78, 5) is 0. The Kier molecular flexibility index (Phi) is 5.13. The molecule has 2 N–H and O–H groups in total. The fourth-order valence-corrected chi connectivity index (χ4v) is 1.77. The Bertz CT molecular complexity index is 504. The van der Waals surface area contributed by atoms with E-state index in [0.717, 1.165) is 5.56 Å². The minimum Gasteiger partial charge on any atom is -0.494 e. The number of methoxy groups -OCH3 is 1. The van der Waals surface area contributed by atoms with Gasteiger partial charge in [0.2, 0.25) is 0 Å². The van der Waals surface area contributed by atoms with Crippen LogP contribution in [0.2, 0.25) is 0 Å². The van der Waals surface area contributed by atoms with Crippen LogP contribution in [0.4, 0.5) is 4.39 Å². The lowest BCUT2D eigenvalue weighted by atomic mass is 9.99. The van der Waals surface area contributed by atoms with Crippen LogP contribution >= 0.6 is 12.4 Å². The summed E-state index contributed by atoms with van der Waals surface area (Å²) < 4.78 is 18.9. The van der Waals surface area contributed by atoms with E-state index in [2.05, 4.69) is 0 Å². The van der Waals surface area contributed by atoms with Crippen molar-refractivity contribution in [3.8, 4) is 5.75 Å². The molecular weight excluding hydrogens is 253 g/mol. The lowest BCUT2D eigenvalue weighted by Crippen LogP contribution is -2.13. The highest BCUT2D eigenvalue weighted by molar-refractivity contribution is 5.85. The quantitative estimate of drug-likeness (QED) is 0.926. The second kappa shape index (κ2) is 6.38. The highest BCUT2D eigenvalue weighted by Gasteiger charge is 2.16. The van der Waals surface area contributed by atoms with Crippen molar-refractivity contribution in [2.75, 3.05) is 7.11 Å². The first-order valence-corrected chi connectivity index (χ1v) is 5.37. The maximum atomic E-state index is 14.0. The van der Waals surface area contributed by atoms with Crippen LogP contribution in [0, 0.1) is 5.82 Å². The van der Waals surface area contributed by atoms with Gasteiger partial charge in [-0.15, -0.1) is 12.4 Å². The van der Waals surface area contributed by atoms with Crippen LogP contribution in [0.3, 0.4) is 0 Å². The fourth-order valence-electron chi connectivity index (χ4n) is 1.77. The van der Waals surface area contributed by atoms with E-state index in [9.17, 15) is 4.39 Å². The predicted octanol–water partition coefficient (Wildman–Crippen LogP) is 3.30. The monoisotopic (exact) mass is 267 g/mol. The molecule has 1 unspecified atom stereocenters. The summed E-state index contributed by atoms with van der Waals surface area (Å²) in [5, 5.41) is 0. The smallest absolute Gasteiger partial charge is 0.170 e. The second-order valence-corrected chi connectivity index (χ2v) is 3.75. The zero-order valence-electron chi connectivity index (χ0n) is 9.97. The summed E-state index contributed by atoms with van der Waals surface area (Å²) in [5.74, 6) is -0.180. The van der Waals surface area contributed by atoms with Gasteiger partial charge in [0.05, 0.1) is 13.2 Å². The van der Waals surface area contributed by atoms with Gasteiger partial charge in [0, 0.05) is 5.56 Å². The summed E-state index contributed by atoms with van der Waals surface area (Å²) in [5.41, 5.74) is 7.36. The van der Waals surface area contributed by atoms with E-state index < -0.39 is 11.9 Å². The van der Waals surface area contributed by atoms with Crippen LogP contribution in [-0.2, 0) is 0 Å². The molecule has 18 heavy (non-hydrogen) atoms. The maximum Gasteiger partial charge on any atom is 0.170 e. The topological polar surface area (TPSA) is 35.2 Å². The standard InChI is InChI=1S/C14H14FNO.ClH/c1-17-12-9-5-8-11(13(12)15)14(16)10-6-3-2-4-7-10;/h2-9,14H,16H2,1H3;1H. The summed E-state index contributed by atoms with van der Waals surface area (Å²) in [7, 11) is 1.44. The Labute approximate surface area is 112 Å². The van der Waals surface area contributed by atoms with E-state index in [1.165, 1.54) is 7.11 Å². The van der Waals surface area contributed by atoms with Crippen LogP contribution in [0.5, 0.6) is 5.75 Å². The summed E-state index contributed by atoms with van der Waals surface area (Å²) in [6.45, 7) is 0. The van der Waals surface area contributed by atoms with Crippen molar-refractivity contribution >= 4 is 12.4 Å². The average molecular weight is 268 g/mol. The van der Waals surface area contributed by atoms with Crippen LogP contribution in [-0.4, -0.2) is 7.11 Å². The summed E-state index contributed by atoms with van der Waals surface area (Å²) in [6.07, 6.45) is 0. The minimum atomic E-state index is -0.480. The van der Waals surface area contributed by atoms with Crippen molar-refractivity contribution in [3.63, 3.8) is 0 Å². The van der Waals surface area contributed by atoms with Crippen LogP contribution in [0.25, 0.3) is 0 Å². The third-order valence-electron chi connectivity index (χ3n) is 2.71. The first-order chi connectivity index (χ1) is 8.24. The van der Waals surface area contributed by atoms with Gasteiger partial charge < -0.3 is 10.5 Å². The third-order valence-corrected chi connectivity index (χ3v) is 2.71. The van der Waals surface area contributed by atoms with Crippen molar-refractivity contribution in [1.82, 2.24) is 0 Å². The zero-order valence-corrected chi connectivity index (χ0v) is 10.8. The second-order valence-electron chi connectivity index (χ2n) is 3.75. The predicted molar refractivity (Wildman–Crippen MR) is 72.7 cm³/mol. The van der Waals surface area contributed by atoms with E-state index in [-0.39, 0.29) is 18.2 Å². The Balaban J connectivity index is 0.00000162. The molecule has 2 rings (SSSR count). The van der Waals surface area contributed by atoms with Gasteiger partial charge in [0.1, 0.15) is 0 Å². The molecule has 1 atom stereocenters. The Morgan fingerprint density at radius 3 is 2.33 bits per heavy atom. The maximum absolute atomic E-state index is 14.0. The molecule has 2 aromatic carbocycles. The number of halogens is 2. The number of benzene rings is 2. The molecule has 0 aromatic heterocycles. The van der Waals surface area contributed by atoms with Crippen molar-refractivity contribution in [1.29, 1.82) is 0 Å². The van der Waals surface area contributed by atoms with Gasteiger partial charge in [-0.05, 0) is 11.6 Å². The molecule has 0 aliphatic carbocycles. The molecule has 0 bridgehead atoms. The number of nitrogens with two attached hydrogens (primary N) is 1. The lowest BCUT2D eigenvalue weighted by molar-refractivity contribution is 0.383. The van der Waals surface area contributed by atoms with E-state index in [1.54, 1.807) is 18.2 Å². The van der Waals surface area contributed by atoms with E-state index in [1.807, 2.05) is 30.3 Å². The van der Waals surface area contributed by atoms with Crippen molar-refractivity contribution in [3.05, 3.63) is 65.5 Å². The van der Waals surface area contributed by atoms with Gasteiger partial charge in [-0.25, -0.2) is 4.39 Å². The average Bonchev–Trinajstić information content (AvgIpc) is 2.39. The SMILES string of the molecule is COc1cccc(C(N)c2ccccc2)c1F.Cl. The molecule has 0 saturated carbocycles.